The predicted octanol–water partition coefficient (Wildman–Crippen LogP) is 1.36. The molecule has 120 valence electrons. The molecule has 6 heteroatoms. The molecule has 0 spiro atoms. The first-order chi connectivity index (χ1) is 9.83. The zero-order valence-electron chi connectivity index (χ0n) is 13.3. The van der Waals surface area contributed by atoms with E-state index in [1.807, 2.05) is 26.4 Å². The summed E-state index contributed by atoms with van der Waals surface area (Å²) < 4.78 is 24.8. The lowest BCUT2D eigenvalue weighted by Gasteiger charge is -2.34. The van der Waals surface area contributed by atoms with E-state index in [1.54, 1.807) is 0 Å². The largest absolute Gasteiger partial charge is 0.338 e. The Morgan fingerprint density at radius 1 is 1.48 bits per heavy atom. The minimum atomic E-state index is -2.87. The maximum Gasteiger partial charge on any atom is 0.147 e. The first-order valence-electron chi connectivity index (χ1n) is 7.70. The van der Waals surface area contributed by atoms with E-state index in [0.717, 1.165) is 31.9 Å². The van der Waals surface area contributed by atoms with Gasteiger partial charge in [0.05, 0.1) is 5.75 Å². The number of aryl methyl sites for hydroxylation is 1. The summed E-state index contributed by atoms with van der Waals surface area (Å²) in [5.74, 6) is 2.26. The number of imidazole rings is 1. The van der Waals surface area contributed by atoms with Gasteiger partial charge in [-0.15, -0.1) is 0 Å². The second-order valence-electron chi connectivity index (χ2n) is 6.62. The van der Waals surface area contributed by atoms with Crippen LogP contribution < -0.4 is 0 Å². The Morgan fingerprint density at radius 3 is 2.86 bits per heavy atom. The average Bonchev–Trinajstić information content (AvgIpc) is 2.73. The first-order valence-corrected chi connectivity index (χ1v) is 9.76. The highest BCUT2D eigenvalue weighted by Gasteiger charge is 2.23. The van der Waals surface area contributed by atoms with E-state index >= 15 is 0 Å². The van der Waals surface area contributed by atoms with Gasteiger partial charge in [-0.2, -0.15) is 0 Å². The fourth-order valence-corrected chi connectivity index (χ4v) is 4.48. The van der Waals surface area contributed by atoms with Gasteiger partial charge in [-0.05, 0) is 31.2 Å². The summed E-state index contributed by atoms with van der Waals surface area (Å²) in [5, 5.41) is 0. The summed E-state index contributed by atoms with van der Waals surface area (Å²) in [7, 11) is -0.835. The Bertz CT molecular complexity index is 553. The molecule has 1 aromatic heterocycles. The van der Waals surface area contributed by atoms with Crippen LogP contribution in [0.15, 0.2) is 12.4 Å². The molecule has 0 unspecified atom stereocenters. The van der Waals surface area contributed by atoms with Crippen LogP contribution in [0, 0.1) is 11.8 Å². The highest BCUT2D eigenvalue weighted by molar-refractivity contribution is 7.90. The SMILES string of the molecule is C[C@H](CN1CCC[C@@H](Cc2nccn2C)C1)CS(C)(=O)=O. The van der Waals surface area contributed by atoms with Crippen LogP contribution in [0.1, 0.15) is 25.6 Å². The number of piperidine rings is 1. The lowest BCUT2D eigenvalue weighted by molar-refractivity contribution is 0.157. The number of nitrogens with zero attached hydrogens (tertiary/aromatic N) is 3. The summed E-state index contributed by atoms with van der Waals surface area (Å²) in [6, 6.07) is 0. The molecular formula is C15H27N3O2S. The highest BCUT2D eigenvalue weighted by atomic mass is 32.2. The Labute approximate surface area is 128 Å². The predicted molar refractivity (Wildman–Crippen MR) is 85.0 cm³/mol. The van der Waals surface area contributed by atoms with Crippen molar-refractivity contribution < 1.29 is 8.42 Å². The van der Waals surface area contributed by atoms with Crippen molar-refractivity contribution in [3.05, 3.63) is 18.2 Å². The number of likely N-dealkylation sites (tertiary alicyclic amines) is 1. The highest BCUT2D eigenvalue weighted by Crippen LogP contribution is 2.21. The molecule has 0 radical (unpaired) electrons. The first kappa shape index (κ1) is 16.5. The molecular weight excluding hydrogens is 286 g/mol. The second kappa shape index (κ2) is 6.92. The molecule has 2 rings (SSSR count). The molecule has 5 nitrogen and oxygen atoms in total. The number of rotatable bonds is 6. The second-order valence-corrected chi connectivity index (χ2v) is 8.81. The minimum absolute atomic E-state index is 0.201. The summed E-state index contributed by atoms with van der Waals surface area (Å²) in [6.45, 7) is 5.06. The molecule has 0 bridgehead atoms. The van der Waals surface area contributed by atoms with Crippen LogP contribution in [0.4, 0.5) is 0 Å². The van der Waals surface area contributed by atoms with Crippen LogP contribution in [0.3, 0.4) is 0 Å². The third kappa shape index (κ3) is 5.43. The van der Waals surface area contributed by atoms with Crippen molar-refractivity contribution in [3.63, 3.8) is 0 Å². The molecule has 0 aliphatic carbocycles. The van der Waals surface area contributed by atoms with E-state index in [-0.39, 0.29) is 11.7 Å². The van der Waals surface area contributed by atoms with E-state index in [0.29, 0.717) is 5.92 Å². The van der Waals surface area contributed by atoms with E-state index < -0.39 is 9.84 Å². The van der Waals surface area contributed by atoms with Gasteiger partial charge in [0.25, 0.3) is 0 Å². The quantitative estimate of drug-likeness (QED) is 0.795. The zero-order chi connectivity index (χ0) is 15.5. The molecule has 1 aromatic rings. The van der Waals surface area contributed by atoms with Gasteiger partial charge in [-0.3, -0.25) is 0 Å². The van der Waals surface area contributed by atoms with Crippen molar-refractivity contribution in [2.75, 3.05) is 31.6 Å². The van der Waals surface area contributed by atoms with E-state index in [4.69, 9.17) is 0 Å². The van der Waals surface area contributed by atoms with Crippen LogP contribution in [-0.2, 0) is 23.3 Å². The van der Waals surface area contributed by atoms with Gasteiger partial charge in [0, 0.05) is 45.2 Å². The van der Waals surface area contributed by atoms with Gasteiger partial charge in [0.1, 0.15) is 15.7 Å². The third-order valence-electron chi connectivity index (χ3n) is 4.15. The average molecular weight is 313 g/mol. The molecule has 2 heterocycles. The zero-order valence-corrected chi connectivity index (χ0v) is 14.1. The van der Waals surface area contributed by atoms with E-state index in [2.05, 4.69) is 14.5 Å². The van der Waals surface area contributed by atoms with Crippen molar-refractivity contribution in [3.8, 4) is 0 Å². The molecule has 1 aliphatic rings. The summed E-state index contributed by atoms with van der Waals surface area (Å²) in [6.07, 6.45) is 8.61. The summed E-state index contributed by atoms with van der Waals surface area (Å²) in [4.78, 5) is 6.83. The van der Waals surface area contributed by atoms with Gasteiger partial charge >= 0.3 is 0 Å². The van der Waals surface area contributed by atoms with Crippen LogP contribution in [0.5, 0.6) is 0 Å². The molecule has 1 saturated heterocycles. The maximum atomic E-state index is 11.4. The van der Waals surface area contributed by atoms with Crippen LogP contribution in [0.2, 0.25) is 0 Å². The number of hydrogen-bond donors (Lipinski definition) is 0. The molecule has 0 saturated carbocycles. The van der Waals surface area contributed by atoms with E-state index in [1.165, 1.54) is 19.1 Å². The summed E-state index contributed by atoms with van der Waals surface area (Å²) >= 11 is 0. The van der Waals surface area contributed by atoms with Crippen LogP contribution >= 0.6 is 0 Å². The Kier molecular flexibility index (Phi) is 5.43. The fourth-order valence-electron chi connectivity index (χ4n) is 3.35. The maximum absolute atomic E-state index is 11.4. The molecule has 1 aliphatic heterocycles. The minimum Gasteiger partial charge on any atom is -0.338 e. The van der Waals surface area contributed by atoms with Crippen molar-refractivity contribution in [2.45, 2.75) is 26.2 Å². The van der Waals surface area contributed by atoms with Crippen LogP contribution in [0.25, 0.3) is 0 Å². The Morgan fingerprint density at radius 2 is 2.24 bits per heavy atom. The number of sulfone groups is 1. The fraction of sp³-hybridized carbons (Fsp3) is 0.800. The van der Waals surface area contributed by atoms with Gasteiger partial charge < -0.3 is 9.47 Å². The third-order valence-corrected chi connectivity index (χ3v) is 5.33. The molecule has 21 heavy (non-hydrogen) atoms. The lowest BCUT2D eigenvalue weighted by Crippen LogP contribution is -2.40. The van der Waals surface area contributed by atoms with Crippen molar-refractivity contribution in [2.24, 2.45) is 18.9 Å². The summed E-state index contributed by atoms with van der Waals surface area (Å²) in [5.41, 5.74) is 0. The van der Waals surface area contributed by atoms with E-state index in [9.17, 15) is 8.42 Å². The van der Waals surface area contributed by atoms with Crippen LogP contribution in [-0.4, -0.2) is 54.5 Å². The Hall–Kier alpha value is -0.880. The van der Waals surface area contributed by atoms with Gasteiger partial charge in [-0.25, -0.2) is 13.4 Å². The van der Waals surface area contributed by atoms with Crippen molar-refractivity contribution in [1.82, 2.24) is 14.5 Å². The normalized spacial score (nSPS) is 22.3. The smallest absolute Gasteiger partial charge is 0.147 e. The lowest BCUT2D eigenvalue weighted by atomic mass is 9.94. The van der Waals surface area contributed by atoms with Gasteiger partial charge in [0.15, 0.2) is 0 Å². The molecule has 1 fully saturated rings. The monoisotopic (exact) mass is 313 g/mol. The van der Waals surface area contributed by atoms with Gasteiger partial charge in [0.2, 0.25) is 0 Å². The van der Waals surface area contributed by atoms with Gasteiger partial charge in [-0.1, -0.05) is 6.92 Å². The molecule has 0 aromatic carbocycles. The molecule has 0 amide bonds. The molecule has 2 atom stereocenters. The standard InChI is InChI=1S/C15H27N3O2S/c1-13(12-21(3,19)20)10-18-7-4-5-14(11-18)9-15-16-6-8-17(15)2/h6,8,13-14H,4-5,7,9-12H2,1-3H3/t13-,14+/m1/s1. The number of aromatic nitrogens is 2. The molecule has 0 N–H and O–H groups in total. The van der Waals surface area contributed by atoms with Crippen molar-refractivity contribution in [1.29, 1.82) is 0 Å². The number of hydrogen-bond acceptors (Lipinski definition) is 4. The Balaban J connectivity index is 1.84. The van der Waals surface area contributed by atoms with Crippen molar-refractivity contribution >= 4 is 9.84 Å². The topological polar surface area (TPSA) is 55.2 Å².